The van der Waals surface area contributed by atoms with Crippen molar-refractivity contribution >= 4 is 23.0 Å². The predicted octanol–water partition coefficient (Wildman–Crippen LogP) is 4.40. The lowest BCUT2D eigenvalue weighted by atomic mass is 9.58. The second-order valence-electron chi connectivity index (χ2n) is 8.79. The zero-order valence-electron chi connectivity index (χ0n) is 18.5. The molecule has 1 aliphatic carbocycles. The van der Waals surface area contributed by atoms with Gasteiger partial charge in [-0.15, -0.1) is 0 Å². The molecule has 0 saturated heterocycles. The van der Waals surface area contributed by atoms with E-state index in [1.165, 1.54) is 25.1 Å². The third-order valence-corrected chi connectivity index (χ3v) is 6.41. The van der Waals surface area contributed by atoms with E-state index in [9.17, 15) is 29.6 Å². The molecule has 1 saturated carbocycles. The normalized spacial score (nSPS) is 24.4. The van der Waals surface area contributed by atoms with Gasteiger partial charge < -0.3 is 5.11 Å². The summed E-state index contributed by atoms with van der Waals surface area (Å²) in [6.45, 7) is 1.41. The van der Waals surface area contributed by atoms with Crippen LogP contribution >= 0.6 is 0 Å². The number of Topliss-reactive ketones (excluding diaryl/α,β-unsaturated/α-hetero) is 3. The number of nitro benzene ring substituents is 1. The standard InChI is InChI=1S/C27H23NO6/c1-27(32)16-21(29)23(25(30)17-9-4-2-5-10-17)22(19-13-8-14-20(15-19)28(33)34)24(27)26(31)18-11-6-3-7-12-18/h2-15,22-24,32H,16H2,1H3/t22-,23-,24+,27-/m0/s1. The van der Waals surface area contributed by atoms with Gasteiger partial charge in [-0.05, 0) is 12.5 Å². The molecule has 0 heterocycles. The Morgan fingerprint density at radius 2 is 1.47 bits per heavy atom. The molecule has 0 amide bonds. The maximum atomic E-state index is 13.7. The lowest BCUT2D eigenvalue weighted by Crippen LogP contribution is -2.54. The number of carbonyl (C=O) groups excluding carboxylic acids is 3. The van der Waals surface area contributed by atoms with E-state index in [4.69, 9.17) is 0 Å². The number of nitro groups is 1. The van der Waals surface area contributed by atoms with Crippen LogP contribution in [0.2, 0.25) is 0 Å². The second kappa shape index (κ2) is 9.11. The summed E-state index contributed by atoms with van der Waals surface area (Å²) in [7, 11) is 0. The van der Waals surface area contributed by atoms with Crippen molar-refractivity contribution in [2.45, 2.75) is 24.9 Å². The van der Waals surface area contributed by atoms with E-state index >= 15 is 0 Å². The minimum Gasteiger partial charge on any atom is -0.389 e. The number of ketones is 3. The predicted molar refractivity (Wildman–Crippen MR) is 125 cm³/mol. The lowest BCUT2D eigenvalue weighted by Gasteiger charge is -2.44. The minimum atomic E-state index is -1.76. The summed E-state index contributed by atoms with van der Waals surface area (Å²) in [6.07, 6.45) is -0.384. The summed E-state index contributed by atoms with van der Waals surface area (Å²) in [4.78, 5) is 51.5. The number of aliphatic hydroxyl groups is 1. The Morgan fingerprint density at radius 1 is 0.912 bits per heavy atom. The first-order valence-corrected chi connectivity index (χ1v) is 10.9. The van der Waals surface area contributed by atoms with Crippen molar-refractivity contribution in [3.8, 4) is 0 Å². The van der Waals surface area contributed by atoms with Gasteiger partial charge in [-0.2, -0.15) is 0 Å². The molecule has 0 spiro atoms. The number of benzene rings is 3. The smallest absolute Gasteiger partial charge is 0.269 e. The van der Waals surface area contributed by atoms with Gasteiger partial charge in [-0.25, -0.2) is 0 Å². The molecule has 1 N–H and O–H groups in total. The highest BCUT2D eigenvalue weighted by molar-refractivity contribution is 6.13. The molecule has 34 heavy (non-hydrogen) atoms. The molecule has 7 heteroatoms. The molecular formula is C27H23NO6. The fraction of sp³-hybridized carbons (Fsp3) is 0.222. The molecule has 0 aromatic heterocycles. The molecular weight excluding hydrogens is 434 g/mol. The maximum absolute atomic E-state index is 13.7. The molecule has 0 radical (unpaired) electrons. The third kappa shape index (κ3) is 4.30. The highest BCUT2D eigenvalue weighted by Crippen LogP contribution is 2.48. The Labute approximate surface area is 196 Å². The van der Waals surface area contributed by atoms with Gasteiger partial charge in [0.05, 0.1) is 22.4 Å². The van der Waals surface area contributed by atoms with E-state index in [0.717, 1.165) is 0 Å². The highest BCUT2D eigenvalue weighted by Gasteiger charge is 2.55. The Balaban J connectivity index is 1.92. The lowest BCUT2D eigenvalue weighted by molar-refractivity contribution is -0.385. The van der Waals surface area contributed by atoms with E-state index < -0.39 is 45.6 Å². The van der Waals surface area contributed by atoms with Crippen LogP contribution in [-0.2, 0) is 4.79 Å². The Morgan fingerprint density at radius 3 is 2.03 bits per heavy atom. The second-order valence-corrected chi connectivity index (χ2v) is 8.79. The van der Waals surface area contributed by atoms with Crippen LogP contribution in [0, 0.1) is 22.0 Å². The third-order valence-electron chi connectivity index (χ3n) is 6.41. The molecule has 0 unspecified atom stereocenters. The first-order chi connectivity index (χ1) is 16.2. The largest absolute Gasteiger partial charge is 0.389 e. The molecule has 7 nitrogen and oxygen atoms in total. The summed E-state index contributed by atoms with van der Waals surface area (Å²) in [6, 6.07) is 22.2. The van der Waals surface area contributed by atoms with E-state index in [1.807, 2.05) is 0 Å². The van der Waals surface area contributed by atoms with Crippen LogP contribution < -0.4 is 0 Å². The van der Waals surface area contributed by atoms with Crippen molar-refractivity contribution in [2.24, 2.45) is 11.8 Å². The fourth-order valence-corrected chi connectivity index (χ4v) is 4.90. The van der Waals surface area contributed by atoms with Crippen molar-refractivity contribution in [1.82, 2.24) is 0 Å². The van der Waals surface area contributed by atoms with Crippen LogP contribution in [0.3, 0.4) is 0 Å². The summed E-state index contributed by atoms with van der Waals surface area (Å²) in [5, 5.41) is 22.8. The molecule has 1 aliphatic rings. The van der Waals surface area contributed by atoms with Gasteiger partial charge in [0.25, 0.3) is 5.69 Å². The van der Waals surface area contributed by atoms with Crippen molar-refractivity contribution < 1.29 is 24.4 Å². The molecule has 1 fully saturated rings. The van der Waals surface area contributed by atoms with Crippen LogP contribution in [0.1, 0.15) is 45.5 Å². The number of hydrogen-bond donors (Lipinski definition) is 1. The van der Waals surface area contributed by atoms with E-state index in [-0.39, 0.29) is 17.7 Å². The van der Waals surface area contributed by atoms with Crippen LogP contribution in [0.15, 0.2) is 84.9 Å². The number of non-ortho nitro benzene ring substituents is 1. The van der Waals surface area contributed by atoms with E-state index in [2.05, 4.69) is 0 Å². The first-order valence-electron chi connectivity index (χ1n) is 10.9. The van der Waals surface area contributed by atoms with E-state index in [1.54, 1.807) is 66.7 Å². The summed E-state index contributed by atoms with van der Waals surface area (Å²) < 4.78 is 0. The Kier molecular flexibility index (Phi) is 6.22. The number of hydrogen-bond acceptors (Lipinski definition) is 6. The summed E-state index contributed by atoms with van der Waals surface area (Å²) in [5.41, 5.74) is -1.09. The molecule has 172 valence electrons. The van der Waals surface area contributed by atoms with Crippen LogP contribution in [0.4, 0.5) is 5.69 Å². The number of carbonyl (C=O) groups is 3. The minimum absolute atomic E-state index is 0.230. The van der Waals surface area contributed by atoms with Gasteiger partial charge in [0.1, 0.15) is 5.78 Å². The van der Waals surface area contributed by atoms with Gasteiger partial charge in [0.2, 0.25) is 0 Å². The zero-order chi connectivity index (χ0) is 24.5. The molecule has 4 atom stereocenters. The van der Waals surface area contributed by atoms with Gasteiger partial charge in [0, 0.05) is 35.6 Å². The molecule has 0 aliphatic heterocycles. The average molecular weight is 457 g/mol. The first kappa shape index (κ1) is 23.2. The van der Waals surface area contributed by atoms with Gasteiger partial charge in [-0.1, -0.05) is 72.8 Å². The van der Waals surface area contributed by atoms with Gasteiger partial charge in [0.15, 0.2) is 11.6 Å². The topological polar surface area (TPSA) is 115 Å². The highest BCUT2D eigenvalue weighted by atomic mass is 16.6. The van der Waals surface area contributed by atoms with Crippen molar-refractivity contribution in [2.75, 3.05) is 0 Å². The molecule has 0 bridgehead atoms. The average Bonchev–Trinajstić information content (AvgIpc) is 2.83. The molecule has 3 aromatic carbocycles. The van der Waals surface area contributed by atoms with Crippen molar-refractivity contribution in [3.05, 3.63) is 112 Å². The summed E-state index contributed by atoms with van der Waals surface area (Å²) >= 11 is 0. The van der Waals surface area contributed by atoms with Crippen LogP contribution in [-0.4, -0.2) is 33.0 Å². The van der Waals surface area contributed by atoms with Crippen LogP contribution in [0.5, 0.6) is 0 Å². The fourth-order valence-electron chi connectivity index (χ4n) is 4.90. The van der Waals surface area contributed by atoms with Gasteiger partial charge >= 0.3 is 0 Å². The number of nitrogens with zero attached hydrogens (tertiary/aromatic N) is 1. The van der Waals surface area contributed by atoms with Crippen molar-refractivity contribution in [3.63, 3.8) is 0 Å². The SMILES string of the molecule is C[C@]1(O)CC(=O)[C@H](C(=O)c2ccccc2)[C@H](c2cccc([N+](=O)[O-])c2)[C@@H]1C(=O)c1ccccc1. The molecule has 4 rings (SSSR count). The Hall–Kier alpha value is -3.97. The van der Waals surface area contributed by atoms with Crippen LogP contribution in [0.25, 0.3) is 0 Å². The zero-order valence-corrected chi connectivity index (χ0v) is 18.5. The summed E-state index contributed by atoms with van der Waals surface area (Å²) in [5.74, 6) is -4.96. The monoisotopic (exact) mass is 457 g/mol. The number of rotatable bonds is 6. The molecule has 3 aromatic rings. The van der Waals surface area contributed by atoms with Crippen molar-refractivity contribution in [1.29, 1.82) is 0 Å². The van der Waals surface area contributed by atoms with Gasteiger partial charge in [-0.3, -0.25) is 24.5 Å². The quantitative estimate of drug-likeness (QED) is 0.254. The maximum Gasteiger partial charge on any atom is 0.269 e. The Bertz CT molecular complexity index is 1250. The van der Waals surface area contributed by atoms with E-state index in [0.29, 0.717) is 11.1 Å².